The van der Waals surface area contributed by atoms with Gasteiger partial charge in [-0.15, -0.1) is 5.10 Å². The smallest absolute Gasteiger partial charge is 0.258 e. The van der Waals surface area contributed by atoms with Gasteiger partial charge in [0.2, 0.25) is 5.17 Å². The number of halogens is 1. The van der Waals surface area contributed by atoms with Crippen molar-refractivity contribution in [3.63, 3.8) is 0 Å². The van der Waals surface area contributed by atoms with Crippen molar-refractivity contribution >= 4 is 51.3 Å². The third-order valence-corrected chi connectivity index (χ3v) is 5.55. The number of thioether (sulfide) groups is 1. The molecule has 1 aliphatic heterocycles. The summed E-state index contributed by atoms with van der Waals surface area (Å²) in [6.45, 7) is 1.92. The zero-order valence-electron chi connectivity index (χ0n) is 16.5. The monoisotopic (exact) mass is 448 g/mol. The Bertz CT molecular complexity index is 1210. The number of nitrogens with zero attached hydrogens (tertiary/aromatic N) is 4. The predicted octanol–water partition coefficient (Wildman–Crippen LogP) is 6.58. The van der Waals surface area contributed by atoms with E-state index in [1.54, 1.807) is 17.1 Å². The fourth-order valence-electron chi connectivity index (χ4n) is 3.00. The number of hydrogen-bond acceptors (Lipinski definition) is 6. The first-order valence-electron chi connectivity index (χ1n) is 9.38. The van der Waals surface area contributed by atoms with Gasteiger partial charge in [0.05, 0.1) is 16.3 Å². The first kappa shape index (κ1) is 20.8. The van der Waals surface area contributed by atoms with E-state index in [9.17, 15) is 10.1 Å². The zero-order valence-corrected chi connectivity index (χ0v) is 18.0. The Kier molecular flexibility index (Phi) is 6.16. The van der Waals surface area contributed by atoms with E-state index < -0.39 is 4.92 Å². The highest BCUT2D eigenvalue weighted by atomic mass is 35.5. The maximum absolute atomic E-state index is 11.2. The molecule has 0 saturated heterocycles. The van der Waals surface area contributed by atoms with Crippen LogP contribution in [-0.2, 0) is 0 Å². The predicted molar refractivity (Wildman–Crippen MR) is 129 cm³/mol. The van der Waals surface area contributed by atoms with Gasteiger partial charge in [-0.05, 0) is 36.8 Å². The molecular weight excluding hydrogens is 432 g/mol. The fourth-order valence-corrected chi connectivity index (χ4v) is 3.90. The van der Waals surface area contributed by atoms with Gasteiger partial charge in [-0.25, -0.2) is 10.0 Å². The highest BCUT2D eigenvalue weighted by molar-refractivity contribution is 8.16. The standard InChI is InChI=1S/C23H17ClN4O2S/c1-16(17-10-12-19(24)13-11-17)25-23-26-27(20-7-3-2-4-8-20)22(15-31-23)18-6-5-9-21(14-18)28(29)30/h2-15H,1H3/b25-16+. The summed E-state index contributed by atoms with van der Waals surface area (Å²) in [4.78, 5) is 15.5. The van der Waals surface area contributed by atoms with Crippen LogP contribution >= 0.6 is 23.4 Å². The van der Waals surface area contributed by atoms with E-state index in [0.717, 1.165) is 22.7 Å². The first-order valence-corrected chi connectivity index (χ1v) is 10.6. The Labute approximate surface area is 188 Å². The number of amidine groups is 1. The second-order valence-electron chi connectivity index (χ2n) is 6.66. The van der Waals surface area contributed by atoms with Gasteiger partial charge in [-0.2, -0.15) is 0 Å². The second-order valence-corrected chi connectivity index (χ2v) is 7.94. The molecule has 0 spiro atoms. The van der Waals surface area contributed by atoms with E-state index in [2.05, 4.69) is 4.99 Å². The molecule has 4 rings (SSSR count). The normalized spacial score (nSPS) is 14.1. The van der Waals surface area contributed by atoms with Crippen LogP contribution in [0.3, 0.4) is 0 Å². The third-order valence-electron chi connectivity index (χ3n) is 4.57. The average Bonchev–Trinajstić information content (AvgIpc) is 2.80. The van der Waals surface area contributed by atoms with Gasteiger partial charge in [0.15, 0.2) is 0 Å². The molecule has 0 unspecified atom stereocenters. The number of hydrazone groups is 1. The minimum absolute atomic E-state index is 0.0304. The summed E-state index contributed by atoms with van der Waals surface area (Å²) in [5.74, 6) is 0. The fraction of sp³-hybridized carbons (Fsp3) is 0.0435. The number of rotatable bonds is 4. The number of nitro groups is 1. The lowest BCUT2D eigenvalue weighted by Crippen LogP contribution is -2.19. The summed E-state index contributed by atoms with van der Waals surface area (Å²) in [6.07, 6.45) is 0. The molecule has 1 heterocycles. The lowest BCUT2D eigenvalue weighted by molar-refractivity contribution is -0.384. The molecule has 0 bridgehead atoms. The van der Waals surface area contributed by atoms with Crippen LogP contribution < -0.4 is 5.01 Å². The quantitative estimate of drug-likeness (QED) is 0.257. The third kappa shape index (κ3) is 4.84. The zero-order chi connectivity index (χ0) is 21.8. The van der Waals surface area contributed by atoms with Crippen molar-refractivity contribution < 1.29 is 4.92 Å². The van der Waals surface area contributed by atoms with E-state index in [4.69, 9.17) is 16.7 Å². The van der Waals surface area contributed by atoms with Crippen LogP contribution in [0.5, 0.6) is 0 Å². The van der Waals surface area contributed by atoms with E-state index >= 15 is 0 Å². The van der Waals surface area contributed by atoms with E-state index in [1.165, 1.54) is 17.8 Å². The minimum Gasteiger partial charge on any atom is -0.258 e. The Hall–Kier alpha value is -3.42. The lowest BCUT2D eigenvalue weighted by atomic mass is 10.1. The highest BCUT2D eigenvalue weighted by Gasteiger charge is 2.21. The van der Waals surface area contributed by atoms with Crippen LogP contribution in [0.4, 0.5) is 11.4 Å². The lowest BCUT2D eigenvalue weighted by Gasteiger charge is -2.26. The van der Waals surface area contributed by atoms with Gasteiger partial charge < -0.3 is 0 Å². The summed E-state index contributed by atoms with van der Waals surface area (Å²) >= 11 is 7.34. The molecule has 154 valence electrons. The van der Waals surface area contributed by atoms with Crippen molar-refractivity contribution in [2.45, 2.75) is 6.92 Å². The van der Waals surface area contributed by atoms with Crippen LogP contribution in [0.25, 0.3) is 5.70 Å². The average molecular weight is 449 g/mol. The molecular formula is C23H17ClN4O2S. The SMILES string of the molecule is C/C(=N\C1=NN(c2ccccc2)C(c2cccc([N+](=O)[O-])c2)=CS1)c1ccc(Cl)cc1. The van der Waals surface area contributed by atoms with Crippen LogP contribution in [0.15, 0.2) is 94.4 Å². The molecule has 0 aromatic heterocycles. The summed E-state index contributed by atoms with van der Waals surface area (Å²) < 4.78 is 0. The maximum Gasteiger partial charge on any atom is 0.270 e. The molecule has 0 radical (unpaired) electrons. The Morgan fingerprint density at radius 3 is 2.52 bits per heavy atom. The maximum atomic E-state index is 11.2. The molecule has 0 aliphatic carbocycles. The van der Waals surface area contributed by atoms with Crippen LogP contribution in [-0.4, -0.2) is 15.8 Å². The number of aliphatic imine (C=N–C) groups is 1. The molecule has 0 atom stereocenters. The number of benzene rings is 3. The van der Waals surface area contributed by atoms with Crippen molar-refractivity contribution in [1.82, 2.24) is 0 Å². The van der Waals surface area contributed by atoms with Crippen LogP contribution in [0, 0.1) is 10.1 Å². The molecule has 0 fully saturated rings. The van der Waals surface area contributed by atoms with Crippen molar-refractivity contribution in [1.29, 1.82) is 0 Å². The number of hydrogen-bond donors (Lipinski definition) is 0. The van der Waals surface area contributed by atoms with Gasteiger partial charge in [-0.3, -0.25) is 10.1 Å². The van der Waals surface area contributed by atoms with Crippen molar-refractivity contribution in [2.24, 2.45) is 10.1 Å². The molecule has 0 amide bonds. The highest BCUT2D eigenvalue weighted by Crippen LogP contribution is 2.34. The van der Waals surface area contributed by atoms with Gasteiger partial charge in [0.1, 0.15) is 0 Å². The number of para-hydroxylation sites is 1. The Balaban J connectivity index is 1.72. The topological polar surface area (TPSA) is 71.1 Å². The number of nitro benzene ring substituents is 1. The van der Waals surface area contributed by atoms with E-state index in [-0.39, 0.29) is 5.69 Å². The van der Waals surface area contributed by atoms with Gasteiger partial charge >= 0.3 is 0 Å². The number of non-ortho nitro benzene ring substituents is 1. The Morgan fingerprint density at radius 1 is 1.06 bits per heavy atom. The van der Waals surface area contributed by atoms with Gasteiger partial charge in [-0.1, -0.05) is 65.8 Å². The van der Waals surface area contributed by atoms with E-state index in [1.807, 2.05) is 73.0 Å². The second kappa shape index (κ2) is 9.16. The van der Waals surface area contributed by atoms with Gasteiger partial charge in [0.25, 0.3) is 5.69 Å². The van der Waals surface area contributed by atoms with Crippen LogP contribution in [0.1, 0.15) is 18.1 Å². The summed E-state index contributed by atoms with van der Waals surface area (Å²) in [5, 5.41) is 20.9. The minimum atomic E-state index is -0.401. The summed E-state index contributed by atoms with van der Waals surface area (Å²) in [7, 11) is 0. The number of anilines is 1. The molecule has 0 saturated carbocycles. The largest absolute Gasteiger partial charge is 0.270 e. The summed E-state index contributed by atoms with van der Waals surface area (Å²) in [5.41, 5.74) is 4.06. The summed E-state index contributed by atoms with van der Waals surface area (Å²) in [6, 6.07) is 23.6. The van der Waals surface area contributed by atoms with Crippen molar-refractivity contribution in [3.05, 3.63) is 111 Å². The molecule has 0 N–H and O–H groups in total. The van der Waals surface area contributed by atoms with E-state index in [0.29, 0.717) is 15.8 Å². The van der Waals surface area contributed by atoms with Gasteiger partial charge in [0, 0.05) is 33.8 Å². The van der Waals surface area contributed by atoms with Crippen LogP contribution in [0.2, 0.25) is 5.02 Å². The molecule has 8 heteroatoms. The van der Waals surface area contributed by atoms with Crippen molar-refractivity contribution in [3.8, 4) is 0 Å². The molecule has 1 aliphatic rings. The first-order chi connectivity index (χ1) is 15.0. The molecule has 3 aromatic carbocycles. The molecule has 6 nitrogen and oxygen atoms in total. The molecule has 31 heavy (non-hydrogen) atoms. The molecule has 3 aromatic rings. The van der Waals surface area contributed by atoms with Crippen molar-refractivity contribution in [2.75, 3.05) is 5.01 Å². The Morgan fingerprint density at radius 2 is 1.81 bits per heavy atom.